The van der Waals surface area contributed by atoms with E-state index in [1.807, 2.05) is 37.3 Å². The van der Waals surface area contributed by atoms with Crippen LogP contribution >= 0.6 is 0 Å². The van der Waals surface area contributed by atoms with Crippen LogP contribution in [0, 0.1) is 6.92 Å². The quantitative estimate of drug-likeness (QED) is 0.685. The summed E-state index contributed by atoms with van der Waals surface area (Å²) in [4.78, 5) is 25.8. The van der Waals surface area contributed by atoms with E-state index in [2.05, 4.69) is 5.32 Å². The minimum absolute atomic E-state index is 0.159. The van der Waals surface area contributed by atoms with Gasteiger partial charge >= 0.3 is 0 Å². The SMILES string of the molecule is Cc1ccc(C(=O)c2ccccc2C(=O)Nc2ccc3c(c2)CCOC3)cc1. The third-order valence-corrected chi connectivity index (χ3v) is 4.97. The third kappa shape index (κ3) is 3.73. The summed E-state index contributed by atoms with van der Waals surface area (Å²) in [6.07, 6.45) is 0.835. The molecule has 0 bridgehead atoms. The predicted molar refractivity (Wildman–Crippen MR) is 109 cm³/mol. The lowest BCUT2D eigenvalue weighted by molar-refractivity contribution is 0.0996. The Morgan fingerprint density at radius 3 is 2.43 bits per heavy atom. The molecule has 0 unspecified atom stereocenters. The van der Waals surface area contributed by atoms with E-state index in [0.29, 0.717) is 29.9 Å². The highest BCUT2D eigenvalue weighted by atomic mass is 16.5. The van der Waals surface area contributed by atoms with Crippen LogP contribution in [0.15, 0.2) is 66.7 Å². The molecule has 0 fully saturated rings. The van der Waals surface area contributed by atoms with Crippen molar-refractivity contribution < 1.29 is 14.3 Å². The molecule has 0 aromatic heterocycles. The normalized spacial score (nSPS) is 12.9. The molecule has 1 aliphatic rings. The van der Waals surface area contributed by atoms with Gasteiger partial charge in [0.05, 0.1) is 18.8 Å². The Hall–Kier alpha value is -3.24. The first-order chi connectivity index (χ1) is 13.6. The first kappa shape index (κ1) is 18.1. The van der Waals surface area contributed by atoms with Crippen LogP contribution in [0.1, 0.15) is 43.0 Å². The number of nitrogens with one attached hydrogen (secondary N) is 1. The largest absolute Gasteiger partial charge is 0.376 e. The fraction of sp³-hybridized carbons (Fsp3) is 0.167. The summed E-state index contributed by atoms with van der Waals surface area (Å²) in [6, 6.07) is 20.1. The van der Waals surface area contributed by atoms with Crippen molar-refractivity contribution in [2.24, 2.45) is 0 Å². The number of fused-ring (bicyclic) bond motifs is 1. The molecule has 0 radical (unpaired) electrons. The number of hydrogen-bond donors (Lipinski definition) is 1. The molecular formula is C24H21NO3. The minimum atomic E-state index is -0.289. The molecule has 0 saturated heterocycles. The summed E-state index contributed by atoms with van der Waals surface area (Å²) in [6.45, 7) is 3.27. The van der Waals surface area contributed by atoms with Gasteiger partial charge in [-0.25, -0.2) is 0 Å². The highest BCUT2D eigenvalue weighted by molar-refractivity contribution is 6.17. The lowest BCUT2D eigenvalue weighted by Gasteiger charge is -2.17. The molecular weight excluding hydrogens is 350 g/mol. The summed E-state index contributed by atoms with van der Waals surface area (Å²) < 4.78 is 5.45. The Morgan fingerprint density at radius 2 is 1.64 bits per heavy atom. The van der Waals surface area contributed by atoms with Gasteiger partial charge in [0.2, 0.25) is 0 Å². The van der Waals surface area contributed by atoms with Gasteiger partial charge in [0.1, 0.15) is 0 Å². The Bertz CT molecular complexity index is 1040. The highest BCUT2D eigenvalue weighted by Gasteiger charge is 2.19. The average Bonchev–Trinajstić information content (AvgIpc) is 2.73. The van der Waals surface area contributed by atoms with Crippen LogP contribution in [-0.2, 0) is 17.8 Å². The maximum Gasteiger partial charge on any atom is 0.256 e. The van der Waals surface area contributed by atoms with Gasteiger partial charge in [-0.15, -0.1) is 0 Å². The molecule has 0 atom stereocenters. The molecule has 0 aliphatic carbocycles. The van der Waals surface area contributed by atoms with Crippen molar-refractivity contribution in [1.29, 1.82) is 0 Å². The minimum Gasteiger partial charge on any atom is -0.376 e. The predicted octanol–water partition coefficient (Wildman–Crippen LogP) is 4.55. The van der Waals surface area contributed by atoms with E-state index in [1.165, 1.54) is 5.56 Å². The summed E-state index contributed by atoms with van der Waals surface area (Å²) >= 11 is 0. The van der Waals surface area contributed by atoms with Gasteiger partial charge in [-0.3, -0.25) is 9.59 Å². The van der Waals surface area contributed by atoms with Crippen LogP contribution in [0.5, 0.6) is 0 Å². The van der Waals surface area contributed by atoms with E-state index in [0.717, 1.165) is 23.2 Å². The van der Waals surface area contributed by atoms with Crippen molar-refractivity contribution in [3.8, 4) is 0 Å². The molecule has 3 aromatic rings. The molecule has 1 N–H and O–H groups in total. The van der Waals surface area contributed by atoms with Gasteiger partial charge in [-0.2, -0.15) is 0 Å². The first-order valence-electron chi connectivity index (χ1n) is 9.33. The average molecular weight is 371 g/mol. The molecule has 1 heterocycles. The van der Waals surface area contributed by atoms with Crippen molar-refractivity contribution in [1.82, 2.24) is 0 Å². The second kappa shape index (κ2) is 7.79. The number of hydrogen-bond acceptors (Lipinski definition) is 3. The standard InChI is InChI=1S/C24H21NO3/c1-16-6-8-17(9-7-16)23(26)21-4-2-3-5-22(21)24(27)25-20-11-10-19-15-28-13-12-18(19)14-20/h2-11,14H,12-13,15H2,1H3,(H,25,27). The van der Waals surface area contributed by atoms with Crippen molar-refractivity contribution >= 4 is 17.4 Å². The summed E-state index contributed by atoms with van der Waals surface area (Å²) in [7, 11) is 0. The van der Waals surface area contributed by atoms with Crippen molar-refractivity contribution in [2.45, 2.75) is 20.0 Å². The number of ether oxygens (including phenoxy) is 1. The number of rotatable bonds is 4. The number of aryl methyl sites for hydroxylation is 1. The molecule has 0 spiro atoms. The monoisotopic (exact) mass is 371 g/mol. The van der Waals surface area contributed by atoms with Crippen LogP contribution < -0.4 is 5.32 Å². The number of carbonyl (C=O) groups is 2. The maximum atomic E-state index is 12.9. The lowest BCUT2D eigenvalue weighted by atomic mass is 9.97. The summed E-state index contributed by atoms with van der Waals surface area (Å²) in [5, 5.41) is 2.93. The Balaban J connectivity index is 1.60. The zero-order chi connectivity index (χ0) is 19.5. The maximum absolute atomic E-state index is 12.9. The second-order valence-electron chi connectivity index (χ2n) is 6.98. The molecule has 0 saturated carbocycles. The Morgan fingerprint density at radius 1 is 0.893 bits per heavy atom. The van der Waals surface area contributed by atoms with Gasteiger partial charge in [-0.05, 0) is 42.7 Å². The van der Waals surface area contributed by atoms with Gasteiger partial charge in [0.15, 0.2) is 5.78 Å². The number of amides is 1. The van der Waals surface area contributed by atoms with Crippen LogP contribution in [0.3, 0.4) is 0 Å². The zero-order valence-corrected chi connectivity index (χ0v) is 15.7. The Labute approximate surface area is 164 Å². The molecule has 3 aromatic carbocycles. The smallest absolute Gasteiger partial charge is 0.256 e. The number of anilines is 1. The fourth-order valence-corrected chi connectivity index (χ4v) is 3.38. The van der Waals surface area contributed by atoms with E-state index >= 15 is 0 Å². The fourth-order valence-electron chi connectivity index (χ4n) is 3.38. The summed E-state index contributed by atoms with van der Waals surface area (Å²) in [5.41, 5.74) is 5.49. The highest BCUT2D eigenvalue weighted by Crippen LogP contribution is 2.22. The van der Waals surface area contributed by atoms with Gasteiger partial charge in [0, 0.05) is 16.8 Å². The Kier molecular flexibility index (Phi) is 5.04. The molecule has 1 aliphatic heterocycles. The van der Waals surface area contributed by atoms with Gasteiger partial charge in [-0.1, -0.05) is 54.1 Å². The number of carbonyl (C=O) groups excluding carboxylic acids is 2. The van der Waals surface area contributed by atoms with E-state index in [-0.39, 0.29) is 11.7 Å². The van der Waals surface area contributed by atoms with E-state index in [4.69, 9.17) is 4.74 Å². The topological polar surface area (TPSA) is 55.4 Å². The molecule has 4 heteroatoms. The van der Waals surface area contributed by atoms with Crippen molar-refractivity contribution in [2.75, 3.05) is 11.9 Å². The van der Waals surface area contributed by atoms with E-state index in [1.54, 1.807) is 36.4 Å². The van der Waals surface area contributed by atoms with Gasteiger partial charge < -0.3 is 10.1 Å². The van der Waals surface area contributed by atoms with Crippen molar-refractivity contribution in [3.63, 3.8) is 0 Å². The number of benzene rings is 3. The lowest BCUT2D eigenvalue weighted by Crippen LogP contribution is -2.17. The van der Waals surface area contributed by atoms with Crippen LogP contribution in [0.4, 0.5) is 5.69 Å². The number of ketones is 1. The van der Waals surface area contributed by atoms with Crippen LogP contribution in [0.2, 0.25) is 0 Å². The second-order valence-corrected chi connectivity index (χ2v) is 6.98. The molecule has 140 valence electrons. The molecule has 1 amide bonds. The van der Waals surface area contributed by atoms with E-state index in [9.17, 15) is 9.59 Å². The molecule has 4 nitrogen and oxygen atoms in total. The van der Waals surface area contributed by atoms with Crippen molar-refractivity contribution in [3.05, 3.63) is 100 Å². The zero-order valence-electron chi connectivity index (χ0n) is 15.7. The summed E-state index contributed by atoms with van der Waals surface area (Å²) in [5.74, 6) is -0.448. The van der Waals surface area contributed by atoms with Crippen LogP contribution in [-0.4, -0.2) is 18.3 Å². The third-order valence-electron chi connectivity index (χ3n) is 4.97. The van der Waals surface area contributed by atoms with E-state index < -0.39 is 0 Å². The van der Waals surface area contributed by atoms with Gasteiger partial charge in [0.25, 0.3) is 5.91 Å². The molecule has 4 rings (SSSR count). The first-order valence-corrected chi connectivity index (χ1v) is 9.33. The van der Waals surface area contributed by atoms with Crippen LogP contribution in [0.25, 0.3) is 0 Å². The molecule has 28 heavy (non-hydrogen) atoms.